The maximum atomic E-state index is 15.0. The van der Waals surface area contributed by atoms with Gasteiger partial charge in [-0.2, -0.15) is 0 Å². The first kappa shape index (κ1) is 114. The highest BCUT2D eigenvalue weighted by Gasteiger charge is 2.65. The van der Waals surface area contributed by atoms with E-state index in [9.17, 15) is 183 Å². The Kier molecular flexibility index (Phi) is 39.6. The molecule has 44 aliphatic rings. The van der Waals surface area contributed by atoms with Gasteiger partial charge >= 0.3 is 11.9 Å². The first-order valence-corrected chi connectivity index (χ1v) is 45.8. The zero-order valence-electron chi connectivity index (χ0n) is 74.7. The Morgan fingerprint density at radius 3 is 0.500 bits per heavy atom. The van der Waals surface area contributed by atoms with E-state index in [1.807, 2.05) is 0 Å². The smallest absolute Gasteiger partial charge is 0.313 e. The van der Waals surface area contributed by atoms with Crippen LogP contribution in [0, 0.1) is 5.92 Å². The summed E-state index contributed by atoms with van der Waals surface area (Å²) < 4.78 is 152. The van der Waals surface area contributed by atoms with Crippen molar-refractivity contribution >= 4 is 11.9 Å². The van der Waals surface area contributed by atoms with Crippen LogP contribution in [0.25, 0.3) is 0 Å². The van der Waals surface area contributed by atoms with Crippen molar-refractivity contribution < 1.29 is 306 Å². The fourth-order valence-corrected chi connectivity index (χ4v) is 19.3. The Balaban J connectivity index is 0.723. The Labute approximate surface area is 801 Å². The number of aliphatic hydroxyl groups excluding tert-OH is 34. The summed E-state index contributed by atoms with van der Waals surface area (Å²) in [4.78, 5) is 29.6. The molecule has 24 bridgehead atoms. The molecule has 44 rings (SSSR count). The predicted molar refractivity (Wildman–Crippen MR) is 427 cm³/mol. The first-order valence-electron chi connectivity index (χ1n) is 45.8. The SMILES string of the molecule is C=CC(CCCC(=O)O[C@@H]1[C@@H](O)[C@H]2O[C@H]3[C@H](O)[C@@H](O)[C@@H](O[C@H]4[C@H](O)[C@@H](O)[C@@H](O[C@H]5[C@H](O)[C@@H](O)[C@@H](O[C@H]6[C@H](O)[C@@H](O)[C@@H](O[C@H]7[C@H](O)[C@@H](O)[C@@H](O[C@H]1[C@@H](CO)O2)O[C@@H]7CO)O[C@@H]6CO)O[C@@H]5CO)O[C@@H]4CO)O[C@@H]3CO)C(=O)O[C@@H]1[C@@H](O)[C@H]2O[C@H]3[C@H](O)[C@@H](O)[C@@H](O[C@H]4[C@H](O)[C@@H](O)[C@@H](O[C@H]5[C@H](O)[C@@H](O)[C@@H](O[C@H]6[C@H](O)[C@@H](O)[C@@H](O[C@H]7[C@H](O)[C@@H](O)[C@@H](O[C@H]1[C@@H](CO)O2)O[C@@H]7CO)O[C@@H]6CO)O[C@@H]5CO)O[C@@H]4CO)O[C@@H]3CO. The van der Waals surface area contributed by atoms with Crippen molar-refractivity contribution in [2.24, 2.45) is 5.92 Å². The van der Waals surface area contributed by atoms with Crippen LogP contribution in [0.4, 0.5) is 0 Å². The van der Waals surface area contributed by atoms with Gasteiger partial charge in [0.05, 0.1) is 85.2 Å². The summed E-state index contributed by atoms with van der Waals surface area (Å²) in [6, 6.07) is 0. The van der Waals surface area contributed by atoms with Gasteiger partial charge in [0.1, 0.15) is 281 Å². The van der Waals surface area contributed by atoms with Crippen LogP contribution in [0.15, 0.2) is 12.7 Å². The average molecular weight is 2080 g/mol. The standard InChI is InChI=1S/C80H128O62/c1-2-18(68(116)130-67-53(115)80-128-30(17-92)65(67)142-78-51(113)41(103)61(26(13-88)126-78)138-74-47(109)37(99)57(22(9-84)122-74)134-70-43(105)33(95)55(20(7-82)118-70)132-72-45(107)35(97)59(24(11-86)120-72)136-76-49(111)39(101)63(140-80)28(15-90)124-76)4-3-5-31(93)129-66-52(114)79-127-29(16-91)64(66)141-77-50(112)40(102)60(25(12-87)125-77)137-73-46(108)36(98)56(21(8-83)121-73)133-69-42(104)32(94)54(19(6-81)117-69)131-71-44(106)34(96)58(23(10-85)119-71)135-75-48(110)38(100)62(139-79)27(14-89)123-75/h2,18-30,32-67,69-92,94-115H,1,3-17H2/t18?,19-,20-,21-,22-,23-,24-,25-,26-,27-,28-,29-,30-,32-,33-,34-,35-,36-,37-,38-,39-,40-,41-,42-,43-,44-,45-,46-,47-,48-,49-,50-,51-,52-,53-,54-,55-,56-,57-,58-,59-,60-,61-,62-,63-,64+,65+,66-,67-,69-,70-,71-,72-,73-,74-,75-,76-,77-,78-,79-,80-/m1/s1. The molecule has 142 heavy (non-hydrogen) atoms. The zero-order chi connectivity index (χ0) is 103. The van der Waals surface area contributed by atoms with Crippen molar-refractivity contribution in [3.8, 4) is 0 Å². The predicted octanol–water partition coefficient (Wildman–Crippen LogP) is -24.0. The van der Waals surface area contributed by atoms with Gasteiger partial charge in [-0.15, -0.1) is 6.58 Å². The van der Waals surface area contributed by atoms with E-state index in [2.05, 4.69) is 6.58 Å². The number of hydrogen-bond donors (Lipinski definition) is 34. The van der Waals surface area contributed by atoms with Crippen molar-refractivity contribution in [3.05, 3.63) is 12.7 Å². The third-order valence-corrected chi connectivity index (χ3v) is 27.3. The summed E-state index contributed by atoms with van der Waals surface area (Å²) in [6.45, 7) is -10.6. The van der Waals surface area contributed by atoms with Gasteiger partial charge in [-0.05, 0) is 12.8 Å². The largest absolute Gasteiger partial charge is 0.456 e. The highest BCUT2D eigenvalue weighted by Crippen LogP contribution is 2.44. The molecule has 44 aliphatic heterocycles. The fraction of sp³-hybridized carbons (Fsp3) is 0.950. The zero-order valence-corrected chi connectivity index (χ0v) is 74.7. The quantitative estimate of drug-likeness (QED) is 0.0398. The second-order valence-electron chi connectivity index (χ2n) is 36.3. The van der Waals surface area contributed by atoms with Crippen LogP contribution in [0.2, 0.25) is 0 Å². The van der Waals surface area contributed by atoms with Crippen molar-refractivity contribution in [3.63, 3.8) is 0 Å². The molecule has 0 amide bonds. The number of esters is 2. The van der Waals surface area contributed by atoms with Gasteiger partial charge in [-0.25, -0.2) is 0 Å². The number of carbonyl (C=O) groups is 2. The molecule has 62 heteroatoms. The Morgan fingerprint density at radius 1 is 0.204 bits per heavy atom. The van der Waals surface area contributed by atoms with Crippen LogP contribution in [0.3, 0.4) is 0 Å². The summed E-state index contributed by atoms with van der Waals surface area (Å²) in [5, 5.41) is 388. The summed E-state index contributed by atoms with van der Waals surface area (Å²) in [5.74, 6) is -4.59. The minimum Gasteiger partial charge on any atom is -0.456 e. The molecule has 44 saturated heterocycles. The van der Waals surface area contributed by atoms with E-state index in [1.165, 1.54) is 0 Å². The van der Waals surface area contributed by atoms with Crippen LogP contribution in [0.5, 0.6) is 0 Å². The number of ether oxygens (including phenoxy) is 26. The van der Waals surface area contributed by atoms with Gasteiger partial charge in [-0.3, -0.25) is 9.59 Å². The Bertz CT molecular complexity index is 3880. The van der Waals surface area contributed by atoms with Crippen molar-refractivity contribution in [1.82, 2.24) is 0 Å². The van der Waals surface area contributed by atoms with Gasteiger partial charge < -0.3 is 297 Å². The maximum Gasteiger partial charge on any atom is 0.313 e. The van der Waals surface area contributed by atoms with E-state index < -0.39 is 485 Å². The summed E-state index contributed by atoms with van der Waals surface area (Å²) in [5.41, 5.74) is 0. The van der Waals surface area contributed by atoms with Crippen LogP contribution < -0.4 is 0 Å². The highest BCUT2D eigenvalue weighted by molar-refractivity contribution is 5.75. The van der Waals surface area contributed by atoms with Crippen molar-refractivity contribution in [2.75, 3.05) is 79.3 Å². The Morgan fingerprint density at radius 2 is 0.345 bits per heavy atom. The molecule has 62 nitrogen and oxygen atoms in total. The lowest BCUT2D eigenvalue weighted by atomic mass is 9.94. The normalized spacial score (nSPS) is 52.5. The summed E-state index contributed by atoms with van der Waals surface area (Å²) >= 11 is 0. The molecule has 0 aliphatic carbocycles. The molecule has 0 spiro atoms. The fourth-order valence-electron chi connectivity index (χ4n) is 19.3. The van der Waals surface area contributed by atoms with E-state index in [1.54, 1.807) is 0 Å². The minimum absolute atomic E-state index is 0.564. The molecular weight excluding hydrogens is 1950 g/mol. The third-order valence-electron chi connectivity index (χ3n) is 27.3. The lowest BCUT2D eigenvalue weighted by Gasteiger charge is -2.51. The average Bonchev–Trinajstić information content (AvgIpc) is 0.767. The van der Waals surface area contributed by atoms with Crippen LogP contribution >= 0.6 is 0 Å². The van der Waals surface area contributed by atoms with Gasteiger partial charge in [0.15, 0.2) is 87.7 Å². The van der Waals surface area contributed by atoms with Crippen molar-refractivity contribution in [1.29, 1.82) is 0 Å². The molecule has 0 aromatic rings. The molecule has 44 fully saturated rings. The maximum absolute atomic E-state index is 15.0. The number of hydrogen-bond acceptors (Lipinski definition) is 62. The third kappa shape index (κ3) is 23.2. The lowest BCUT2D eigenvalue weighted by Crippen LogP contribution is -2.69. The van der Waals surface area contributed by atoms with E-state index in [0.717, 1.165) is 6.08 Å². The van der Waals surface area contributed by atoms with Gasteiger partial charge in [-0.1, -0.05) is 6.08 Å². The molecule has 61 atom stereocenters. The molecule has 0 saturated carbocycles. The van der Waals surface area contributed by atoms with Crippen LogP contribution in [-0.4, -0.2) is 633 Å². The van der Waals surface area contributed by atoms with Gasteiger partial charge in [0.2, 0.25) is 0 Å². The molecule has 1 unspecified atom stereocenters. The second-order valence-corrected chi connectivity index (χ2v) is 36.3. The van der Waals surface area contributed by atoms with E-state index in [4.69, 9.17) is 123 Å². The van der Waals surface area contributed by atoms with E-state index in [0.29, 0.717) is 0 Å². The van der Waals surface area contributed by atoms with Gasteiger partial charge in [0.25, 0.3) is 0 Å². The monoisotopic (exact) mass is 2080 g/mol. The summed E-state index contributed by atoms with van der Waals surface area (Å²) in [7, 11) is 0. The number of carbonyl (C=O) groups excluding carboxylic acids is 2. The van der Waals surface area contributed by atoms with Gasteiger partial charge in [0, 0.05) is 6.42 Å². The molecule has 0 radical (unpaired) electrons. The van der Waals surface area contributed by atoms with E-state index >= 15 is 0 Å². The highest BCUT2D eigenvalue weighted by atomic mass is 16.8. The molecular formula is C80H128O62. The molecule has 0 aromatic carbocycles. The number of aliphatic hydroxyl groups is 34. The first-order chi connectivity index (χ1) is 67.7. The Hall–Kier alpha value is -3.64. The minimum atomic E-state index is -2.57. The van der Waals surface area contributed by atoms with Crippen LogP contribution in [0.1, 0.15) is 19.3 Å². The summed E-state index contributed by atoms with van der Waals surface area (Å²) in [6.07, 6.45) is -133. The van der Waals surface area contributed by atoms with Crippen molar-refractivity contribution in [2.45, 2.75) is 388 Å². The molecule has 0 aromatic heterocycles. The number of rotatable bonds is 20. The lowest BCUT2D eigenvalue weighted by molar-refractivity contribution is -0.404. The van der Waals surface area contributed by atoms with Crippen LogP contribution in [-0.2, 0) is 133 Å². The topological polar surface area (TPSA) is 962 Å². The van der Waals surface area contributed by atoms with E-state index in [-0.39, 0.29) is 0 Å². The molecule has 34 N–H and O–H groups in total. The molecule has 820 valence electrons. The molecule has 44 heterocycles. The second kappa shape index (κ2) is 49.4.